The normalized spacial score (nSPS) is 21.5. The number of benzene rings is 2. The maximum atomic E-state index is 13.2. The summed E-state index contributed by atoms with van der Waals surface area (Å²) in [5, 5.41) is 5.56. The number of nitrogens with zero attached hydrogens (tertiary/aromatic N) is 1. The highest BCUT2D eigenvalue weighted by Crippen LogP contribution is 2.38. The molecule has 3 atom stereocenters. The van der Waals surface area contributed by atoms with E-state index >= 15 is 0 Å². The lowest BCUT2D eigenvalue weighted by atomic mass is 9.96. The highest BCUT2D eigenvalue weighted by molar-refractivity contribution is 6.32. The van der Waals surface area contributed by atoms with Gasteiger partial charge < -0.3 is 20.3 Å². The van der Waals surface area contributed by atoms with Crippen LogP contribution in [0.15, 0.2) is 42.5 Å². The van der Waals surface area contributed by atoms with Crippen molar-refractivity contribution in [1.82, 2.24) is 4.90 Å². The summed E-state index contributed by atoms with van der Waals surface area (Å²) in [6.45, 7) is 1.24. The van der Waals surface area contributed by atoms with E-state index in [0.29, 0.717) is 0 Å². The van der Waals surface area contributed by atoms with Crippen LogP contribution in [0, 0.1) is 5.82 Å². The summed E-state index contributed by atoms with van der Waals surface area (Å²) < 4.78 is 55.4. The van der Waals surface area contributed by atoms with Crippen molar-refractivity contribution in [2.75, 3.05) is 10.6 Å². The largest absolute Gasteiger partial charge is 0.573 e. The minimum absolute atomic E-state index is 0.00278. The van der Waals surface area contributed by atoms with Gasteiger partial charge in [-0.2, -0.15) is 0 Å². The van der Waals surface area contributed by atoms with Crippen molar-refractivity contribution in [1.29, 1.82) is 0 Å². The van der Waals surface area contributed by atoms with Crippen molar-refractivity contribution in [2.24, 2.45) is 0 Å². The Hall–Kier alpha value is -3.27. The zero-order chi connectivity index (χ0) is 26.0. The molecule has 1 unspecified atom stereocenters. The smallest absolute Gasteiger partial charge is 0.404 e. The summed E-state index contributed by atoms with van der Waals surface area (Å²) >= 11 is 5.90. The van der Waals surface area contributed by atoms with Crippen LogP contribution < -0.4 is 15.4 Å². The Morgan fingerprint density at radius 3 is 2.33 bits per heavy atom. The van der Waals surface area contributed by atoms with Gasteiger partial charge in [0.05, 0.1) is 5.02 Å². The second-order valence-electron chi connectivity index (χ2n) is 8.88. The zero-order valence-electron chi connectivity index (χ0n) is 19.2. The molecule has 192 valence electrons. The molecule has 0 aliphatic carbocycles. The van der Waals surface area contributed by atoms with Crippen molar-refractivity contribution < 1.29 is 31.9 Å². The number of hydrogen-bond acceptors (Lipinski definition) is 4. The molecule has 0 saturated carbocycles. The topological polar surface area (TPSA) is 70.7 Å². The summed E-state index contributed by atoms with van der Waals surface area (Å²) in [7, 11) is 0. The monoisotopic (exact) mass is 525 g/mol. The Morgan fingerprint density at radius 1 is 1.11 bits per heavy atom. The van der Waals surface area contributed by atoms with Crippen molar-refractivity contribution in [3.63, 3.8) is 0 Å². The Balaban J connectivity index is 1.49. The number of anilines is 2. The number of halogens is 5. The van der Waals surface area contributed by atoms with Gasteiger partial charge in [0.1, 0.15) is 11.6 Å². The van der Waals surface area contributed by atoms with Gasteiger partial charge in [-0.1, -0.05) is 11.6 Å². The molecule has 0 spiro atoms. The van der Waals surface area contributed by atoms with Crippen LogP contribution in [-0.4, -0.2) is 41.2 Å². The van der Waals surface area contributed by atoms with Crippen molar-refractivity contribution in [3.05, 3.63) is 58.9 Å². The molecule has 2 amide bonds. The lowest BCUT2D eigenvalue weighted by Crippen LogP contribution is -2.49. The van der Waals surface area contributed by atoms with Crippen LogP contribution in [0.5, 0.6) is 5.75 Å². The van der Waals surface area contributed by atoms with Gasteiger partial charge in [0.25, 0.3) is 0 Å². The van der Waals surface area contributed by atoms with Gasteiger partial charge in [0, 0.05) is 48.1 Å². The molecule has 2 aromatic rings. The van der Waals surface area contributed by atoms with E-state index < -0.39 is 18.0 Å². The van der Waals surface area contributed by atoms with E-state index in [1.165, 1.54) is 31.2 Å². The highest BCUT2D eigenvalue weighted by Gasteiger charge is 2.42. The number of piperidine rings is 1. The molecular formula is C25H24ClF4N3O3. The zero-order valence-corrected chi connectivity index (χ0v) is 20.0. The molecule has 36 heavy (non-hydrogen) atoms. The summed E-state index contributed by atoms with van der Waals surface area (Å²) in [4.78, 5) is 26.5. The van der Waals surface area contributed by atoms with Crippen molar-refractivity contribution in [2.45, 2.75) is 57.1 Å². The number of carbonyl (C=O) groups is 2. The first-order chi connectivity index (χ1) is 17.0. The van der Waals surface area contributed by atoms with E-state index in [9.17, 15) is 27.2 Å². The van der Waals surface area contributed by atoms with Crippen LogP contribution in [0.4, 0.5) is 28.9 Å². The second-order valence-corrected chi connectivity index (χ2v) is 9.29. The van der Waals surface area contributed by atoms with Crippen LogP contribution in [-0.2, 0) is 9.59 Å². The van der Waals surface area contributed by atoms with Crippen LogP contribution in [0.3, 0.4) is 0 Å². The summed E-state index contributed by atoms with van der Waals surface area (Å²) in [6, 6.07) is 8.43. The van der Waals surface area contributed by atoms with Gasteiger partial charge in [0.15, 0.2) is 0 Å². The molecule has 0 aromatic heterocycles. The minimum atomic E-state index is -4.96. The predicted octanol–water partition coefficient (Wildman–Crippen LogP) is 5.98. The third-order valence-corrected chi connectivity index (χ3v) is 6.54. The van der Waals surface area contributed by atoms with E-state index in [1.54, 1.807) is 17.0 Å². The molecule has 2 aliphatic rings. The van der Waals surface area contributed by atoms with Crippen LogP contribution in [0.2, 0.25) is 5.02 Å². The minimum Gasteiger partial charge on any atom is -0.404 e. The number of amides is 2. The number of alkyl halides is 3. The molecule has 2 aliphatic heterocycles. The number of ether oxygens (including phenoxy) is 1. The molecule has 0 radical (unpaired) electrons. The molecule has 2 N–H and O–H groups in total. The highest BCUT2D eigenvalue weighted by atomic mass is 35.5. The fourth-order valence-electron chi connectivity index (χ4n) is 4.89. The van der Waals surface area contributed by atoms with Gasteiger partial charge in [-0.25, -0.2) is 4.39 Å². The fraction of sp³-hybridized carbons (Fsp3) is 0.360. The third-order valence-electron chi connectivity index (χ3n) is 6.25. The maximum absolute atomic E-state index is 13.2. The number of rotatable bonds is 6. The van der Waals surface area contributed by atoms with E-state index in [0.717, 1.165) is 43.5 Å². The van der Waals surface area contributed by atoms with E-state index in [-0.39, 0.29) is 46.1 Å². The number of hydrogen-bond donors (Lipinski definition) is 2. The molecule has 2 aromatic carbocycles. The maximum Gasteiger partial charge on any atom is 0.573 e. The SMILES string of the molecule is CC(=O)Nc1cc(Cl)c(OC(F)(F)F)cc1C=CC(=O)N1[C@@H]2CC[C@H]1CC(Nc1ccc(F)cc1)C2. The first kappa shape index (κ1) is 25.8. The first-order valence-corrected chi connectivity index (χ1v) is 11.8. The molecule has 2 bridgehead atoms. The number of nitrogens with one attached hydrogen (secondary N) is 2. The van der Waals surface area contributed by atoms with Gasteiger partial charge in [-0.15, -0.1) is 13.2 Å². The van der Waals surface area contributed by atoms with Gasteiger partial charge in [-0.3, -0.25) is 9.59 Å². The van der Waals surface area contributed by atoms with Crippen LogP contribution in [0.25, 0.3) is 6.08 Å². The molecular weight excluding hydrogens is 502 g/mol. The first-order valence-electron chi connectivity index (χ1n) is 11.4. The second kappa shape index (κ2) is 10.4. The Bertz CT molecular complexity index is 1160. The molecule has 6 nitrogen and oxygen atoms in total. The predicted molar refractivity (Wildman–Crippen MR) is 128 cm³/mol. The quantitative estimate of drug-likeness (QED) is 0.359. The number of carbonyl (C=O) groups excluding carboxylic acids is 2. The van der Waals surface area contributed by atoms with E-state index in [1.807, 2.05) is 0 Å². The Kier molecular flexibility index (Phi) is 7.44. The molecule has 2 heterocycles. The van der Waals surface area contributed by atoms with E-state index in [4.69, 9.17) is 11.6 Å². The molecule has 2 saturated heterocycles. The average Bonchev–Trinajstić information content (AvgIpc) is 3.05. The van der Waals surface area contributed by atoms with Gasteiger partial charge in [0.2, 0.25) is 11.8 Å². The average molecular weight is 526 g/mol. The molecule has 2 fully saturated rings. The lowest BCUT2D eigenvalue weighted by Gasteiger charge is -2.39. The lowest BCUT2D eigenvalue weighted by molar-refractivity contribution is -0.274. The Labute approximate surface area is 210 Å². The third kappa shape index (κ3) is 6.29. The summed E-state index contributed by atoms with van der Waals surface area (Å²) in [6.07, 6.45) is 0.785. The van der Waals surface area contributed by atoms with Gasteiger partial charge in [-0.05, 0) is 68.2 Å². The standard InChI is InChI=1S/C25H24ClF4N3O3/c1-14(34)31-22-13-21(26)23(36-25(28,29)30)10-15(22)2-9-24(35)33-19-7-8-20(33)12-18(11-19)32-17-5-3-16(27)4-6-17/h2-6,9-10,13,18-20,32H,7-8,11-12H2,1H3,(H,31,34)/t18?,19-,20+. The molecule has 4 rings (SSSR count). The van der Waals surface area contributed by atoms with E-state index in [2.05, 4.69) is 15.4 Å². The van der Waals surface area contributed by atoms with Gasteiger partial charge >= 0.3 is 6.36 Å². The van der Waals surface area contributed by atoms with Crippen molar-refractivity contribution >= 4 is 40.9 Å². The molecule has 11 heteroatoms. The fourth-order valence-corrected chi connectivity index (χ4v) is 5.09. The van der Waals surface area contributed by atoms with Crippen LogP contribution in [0.1, 0.15) is 38.2 Å². The summed E-state index contributed by atoms with van der Waals surface area (Å²) in [5.74, 6) is -1.68. The van der Waals surface area contributed by atoms with Crippen molar-refractivity contribution in [3.8, 4) is 5.75 Å². The van der Waals surface area contributed by atoms with Crippen LogP contribution >= 0.6 is 11.6 Å². The summed E-state index contributed by atoms with van der Waals surface area (Å²) in [5.41, 5.74) is 1.10. The number of fused-ring (bicyclic) bond motifs is 2. The Morgan fingerprint density at radius 2 is 1.75 bits per heavy atom.